The van der Waals surface area contributed by atoms with Crippen LogP contribution in [0.4, 0.5) is 0 Å². The summed E-state index contributed by atoms with van der Waals surface area (Å²) < 4.78 is 5.43. The molecule has 1 rings (SSSR count). The topological polar surface area (TPSA) is 75.6 Å². The standard InChI is InChI=1S/C15H21NO4/c1-4-9-20-12-7-5-11(6-8-12)14(19)16-15(2,3)10-13(17)18/h5-8H,4,9-10H2,1-3H3,(H,16,19)(H,17,18). The number of ether oxygens (including phenoxy) is 1. The van der Waals surface area contributed by atoms with Gasteiger partial charge in [0.05, 0.1) is 13.0 Å². The van der Waals surface area contributed by atoms with Gasteiger partial charge in [0, 0.05) is 11.1 Å². The first-order chi connectivity index (χ1) is 9.34. The quantitative estimate of drug-likeness (QED) is 0.804. The smallest absolute Gasteiger partial charge is 0.305 e. The van der Waals surface area contributed by atoms with Crippen LogP contribution in [0.3, 0.4) is 0 Å². The average Bonchev–Trinajstić information content (AvgIpc) is 2.34. The van der Waals surface area contributed by atoms with Crippen LogP contribution in [0, 0.1) is 0 Å². The van der Waals surface area contributed by atoms with Gasteiger partial charge in [0.2, 0.25) is 0 Å². The Hall–Kier alpha value is -2.04. The first-order valence-corrected chi connectivity index (χ1v) is 6.61. The van der Waals surface area contributed by atoms with Gasteiger partial charge in [0.15, 0.2) is 0 Å². The number of carbonyl (C=O) groups excluding carboxylic acids is 1. The maximum Gasteiger partial charge on any atom is 0.305 e. The molecule has 2 N–H and O–H groups in total. The van der Waals surface area contributed by atoms with Crippen LogP contribution in [0.15, 0.2) is 24.3 Å². The summed E-state index contributed by atoms with van der Waals surface area (Å²) in [6, 6.07) is 6.79. The molecule has 0 unspecified atom stereocenters. The van der Waals surface area contributed by atoms with Crippen LogP contribution in [-0.2, 0) is 4.79 Å². The molecule has 0 aliphatic rings. The largest absolute Gasteiger partial charge is 0.494 e. The number of rotatable bonds is 7. The molecule has 0 spiro atoms. The molecule has 1 aromatic carbocycles. The summed E-state index contributed by atoms with van der Waals surface area (Å²) in [5.41, 5.74) is -0.312. The lowest BCUT2D eigenvalue weighted by atomic mass is 10.00. The van der Waals surface area contributed by atoms with Crippen LogP contribution in [0.2, 0.25) is 0 Å². The fourth-order valence-electron chi connectivity index (χ4n) is 1.72. The van der Waals surface area contributed by atoms with Crippen LogP contribution in [0.5, 0.6) is 5.75 Å². The van der Waals surface area contributed by atoms with E-state index in [4.69, 9.17) is 9.84 Å². The average molecular weight is 279 g/mol. The molecule has 0 saturated carbocycles. The molecule has 0 fully saturated rings. The molecule has 20 heavy (non-hydrogen) atoms. The Kier molecular flexibility index (Phi) is 5.55. The molecule has 1 amide bonds. The second kappa shape index (κ2) is 6.93. The molecular formula is C15H21NO4. The molecule has 0 aliphatic carbocycles. The van der Waals surface area contributed by atoms with Crippen molar-refractivity contribution >= 4 is 11.9 Å². The van der Waals surface area contributed by atoms with Crippen LogP contribution >= 0.6 is 0 Å². The highest BCUT2D eigenvalue weighted by molar-refractivity contribution is 5.95. The van der Waals surface area contributed by atoms with Crippen molar-refractivity contribution < 1.29 is 19.4 Å². The van der Waals surface area contributed by atoms with Crippen LogP contribution in [0.25, 0.3) is 0 Å². The van der Waals surface area contributed by atoms with E-state index in [0.717, 1.165) is 6.42 Å². The first-order valence-electron chi connectivity index (χ1n) is 6.61. The Balaban J connectivity index is 2.65. The zero-order valence-corrected chi connectivity index (χ0v) is 12.1. The van der Waals surface area contributed by atoms with E-state index in [0.29, 0.717) is 17.9 Å². The van der Waals surface area contributed by atoms with Crippen LogP contribution in [-0.4, -0.2) is 29.1 Å². The van der Waals surface area contributed by atoms with Gasteiger partial charge in [-0.3, -0.25) is 9.59 Å². The van der Waals surface area contributed by atoms with Crippen molar-refractivity contribution in [2.45, 2.75) is 39.2 Å². The fourth-order valence-corrected chi connectivity index (χ4v) is 1.72. The summed E-state index contributed by atoms with van der Waals surface area (Å²) in [5, 5.41) is 11.5. The van der Waals surface area contributed by atoms with Crippen LogP contribution in [0.1, 0.15) is 44.0 Å². The Bertz CT molecular complexity index is 465. The SMILES string of the molecule is CCCOc1ccc(C(=O)NC(C)(C)CC(=O)O)cc1. The zero-order chi connectivity index (χ0) is 15.2. The summed E-state index contributed by atoms with van der Waals surface area (Å²) in [4.78, 5) is 22.7. The minimum Gasteiger partial charge on any atom is -0.494 e. The van der Waals surface area contributed by atoms with Gasteiger partial charge in [-0.1, -0.05) is 6.92 Å². The third-order valence-corrected chi connectivity index (χ3v) is 2.63. The molecule has 0 atom stereocenters. The summed E-state index contributed by atoms with van der Waals surface area (Å²) in [7, 11) is 0. The highest BCUT2D eigenvalue weighted by Gasteiger charge is 2.24. The minimum atomic E-state index is -0.946. The highest BCUT2D eigenvalue weighted by Crippen LogP contribution is 2.14. The molecule has 0 heterocycles. The summed E-state index contributed by atoms with van der Waals surface area (Å²) >= 11 is 0. The zero-order valence-electron chi connectivity index (χ0n) is 12.1. The third kappa shape index (κ3) is 5.30. The lowest BCUT2D eigenvalue weighted by molar-refractivity contribution is -0.138. The van der Waals surface area contributed by atoms with E-state index in [9.17, 15) is 9.59 Å². The monoisotopic (exact) mass is 279 g/mol. The van der Waals surface area contributed by atoms with Crippen molar-refractivity contribution in [1.82, 2.24) is 5.32 Å². The molecule has 0 radical (unpaired) electrons. The molecule has 0 aliphatic heterocycles. The van der Waals surface area contributed by atoms with E-state index in [-0.39, 0.29) is 12.3 Å². The van der Waals surface area contributed by atoms with E-state index in [1.54, 1.807) is 38.1 Å². The highest BCUT2D eigenvalue weighted by atomic mass is 16.5. The van der Waals surface area contributed by atoms with Crippen molar-refractivity contribution in [2.75, 3.05) is 6.61 Å². The molecule has 1 aromatic rings. The summed E-state index contributed by atoms with van der Waals surface area (Å²) in [5.74, 6) is -0.523. The van der Waals surface area contributed by atoms with Gasteiger partial charge in [0.25, 0.3) is 5.91 Å². The number of aliphatic carboxylic acids is 1. The summed E-state index contributed by atoms with van der Waals surface area (Å²) in [6.45, 7) is 6.01. The number of benzene rings is 1. The lowest BCUT2D eigenvalue weighted by Crippen LogP contribution is -2.44. The van der Waals surface area contributed by atoms with Crippen molar-refractivity contribution in [3.63, 3.8) is 0 Å². The van der Waals surface area contributed by atoms with Crippen molar-refractivity contribution in [2.24, 2.45) is 0 Å². The number of carboxylic acid groups (broad SMARTS) is 1. The second-order valence-corrected chi connectivity index (χ2v) is 5.28. The molecular weight excluding hydrogens is 258 g/mol. The van der Waals surface area contributed by atoms with Crippen LogP contribution < -0.4 is 10.1 Å². The Morgan fingerprint density at radius 3 is 2.35 bits per heavy atom. The third-order valence-electron chi connectivity index (χ3n) is 2.63. The first kappa shape index (κ1) is 16.0. The van der Waals surface area contributed by atoms with Crippen molar-refractivity contribution in [1.29, 1.82) is 0 Å². The van der Waals surface area contributed by atoms with Crippen molar-refractivity contribution in [3.8, 4) is 5.75 Å². The van der Waals surface area contributed by atoms with E-state index in [1.807, 2.05) is 6.92 Å². The lowest BCUT2D eigenvalue weighted by Gasteiger charge is -2.24. The van der Waals surface area contributed by atoms with Gasteiger partial charge in [-0.05, 0) is 44.5 Å². The molecule has 0 bridgehead atoms. The summed E-state index contributed by atoms with van der Waals surface area (Å²) in [6.07, 6.45) is 0.794. The van der Waals surface area contributed by atoms with Gasteiger partial charge in [0.1, 0.15) is 5.75 Å². The number of hydrogen-bond acceptors (Lipinski definition) is 3. The molecule has 5 nitrogen and oxygen atoms in total. The predicted molar refractivity (Wildman–Crippen MR) is 76.0 cm³/mol. The number of carboxylic acids is 1. The number of hydrogen-bond donors (Lipinski definition) is 2. The minimum absolute atomic E-state index is 0.129. The van der Waals surface area contributed by atoms with E-state index < -0.39 is 11.5 Å². The Morgan fingerprint density at radius 1 is 1.25 bits per heavy atom. The maximum atomic E-state index is 12.0. The predicted octanol–water partition coefficient (Wildman–Crippen LogP) is 2.46. The van der Waals surface area contributed by atoms with E-state index in [1.165, 1.54) is 0 Å². The Labute approximate surface area is 118 Å². The molecule has 0 aromatic heterocycles. The number of carbonyl (C=O) groups is 2. The van der Waals surface area contributed by atoms with Gasteiger partial charge in [-0.15, -0.1) is 0 Å². The van der Waals surface area contributed by atoms with Gasteiger partial charge >= 0.3 is 5.97 Å². The molecule has 110 valence electrons. The molecule has 5 heteroatoms. The van der Waals surface area contributed by atoms with Gasteiger partial charge in [-0.2, -0.15) is 0 Å². The fraction of sp³-hybridized carbons (Fsp3) is 0.467. The second-order valence-electron chi connectivity index (χ2n) is 5.28. The Morgan fingerprint density at radius 2 is 1.85 bits per heavy atom. The van der Waals surface area contributed by atoms with E-state index in [2.05, 4.69) is 5.32 Å². The number of amides is 1. The maximum absolute atomic E-state index is 12.0. The van der Waals surface area contributed by atoms with Crippen molar-refractivity contribution in [3.05, 3.63) is 29.8 Å². The normalized spacial score (nSPS) is 10.9. The molecule has 0 saturated heterocycles. The van der Waals surface area contributed by atoms with Gasteiger partial charge < -0.3 is 15.2 Å². The van der Waals surface area contributed by atoms with E-state index >= 15 is 0 Å². The number of nitrogens with one attached hydrogen (secondary N) is 1. The van der Waals surface area contributed by atoms with Gasteiger partial charge in [-0.25, -0.2) is 0 Å².